The van der Waals surface area contributed by atoms with Crippen LogP contribution in [0.15, 0.2) is 42.5 Å². The Morgan fingerprint density at radius 1 is 1.11 bits per heavy atom. The van der Waals surface area contributed by atoms with Crippen LogP contribution in [0.4, 0.5) is 0 Å². The summed E-state index contributed by atoms with van der Waals surface area (Å²) in [6.45, 7) is 2.45. The normalized spacial score (nSPS) is 17.1. The highest BCUT2D eigenvalue weighted by atomic mass is 35.5. The van der Waals surface area contributed by atoms with Crippen molar-refractivity contribution >= 4 is 18.3 Å². The van der Waals surface area contributed by atoms with E-state index in [1.54, 1.807) is 7.11 Å². The number of ether oxygens (including phenoxy) is 1. The van der Waals surface area contributed by atoms with Gasteiger partial charge in [-0.15, -0.1) is 12.4 Å². The monoisotopic (exact) mass is 386 g/mol. The predicted octanol–water partition coefficient (Wildman–Crippen LogP) is 3.85. The molecule has 0 bridgehead atoms. The van der Waals surface area contributed by atoms with Gasteiger partial charge in [0.1, 0.15) is 5.75 Å². The molecule has 4 nitrogen and oxygen atoms in total. The van der Waals surface area contributed by atoms with Crippen molar-refractivity contribution in [3.63, 3.8) is 0 Å². The fourth-order valence-corrected chi connectivity index (χ4v) is 4.36. The lowest BCUT2D eigenvalue weighted by molar-refractivity contribution is -0.126. The van der Waals surface area contributed by atoms with E-state index in [4.69, 9.17) is 4.74 Å². The Balaban J connectivity index is 0.00000210. The van der Waals surface area contributed by atoms with E-state index < -0.39 is 5.41 Å². The minimum Gasteiger partial charge on any atom is -0.497 e. The van der Waals surface area contributed by atoms with Crippen LogP contribution in [0.3, 0.4) is 0 Å². The second kappa shape index (κ2) is 8.32. The summed E-state index contributed by atoms with van der Waals surface area (Å²) in [5.74, 6) is 0.953. The van der Waals surface area contributed by atoms with Crippen molar-refractivity contribution in [2.75, 3.05) is 7.11 Å². The van der Waals surface area contributed by atoms with Gasteiger partial charge in [0.2, 0.25) is 5.91 Å². The zero-order chi connectivity index (χ0) is 18.0. The van der Waals surface area contributed by atoms with Crippen LogP contribution in [0, 0.1) is 0 Å². The lowest BCUT2D eigenvalue weighted by Gasteiger charge is -2.28. The van der Waals surface area contributed by atoms with E-state index in [0.29, 0.717) is 6.54 Å². The van der Waals surface area contributed by atoms with Crippen molar-refractivity contribution in [2.45, 2.75) is 50.7 Å². The molecule has 2 aromatic rings. The molecule has 5 heteroatoms. The van der Waals surface area contributed by atoms with Gasteiger partial charge in [0.15, 0.2) is 0 Å². The number of hydrogen-bond donors (Lipinski definition) is 2. The molecule has 0 radical (unpaired) electrons. The Morgan fingerprint density at radius 2 is 1.89 bits per heavy atom. The Morgan fingerprint density at radius 3 is 2.67 bits per heavy atom. The summed E-state index contributed by atoms with van der Waals surface area (Å²) in [6.07, 6.45) is 3.99. The molecule has 0 unspecified atom stereocenters. The largest absolute Gasteiger partial charge is 0.497 e. The lowest BCUT2D eigenvalue weighted by Crippen LogP contribution is -2.42. The molecule has 27 heavy (non-hydrogen) atoms. The highest BCUT2D eigenvalue weighted by Gasteiger charge is 2.42. The first kappa shape index (κ1) is 19.7. The van der Waals surface area contributed by atoms with Crippen molar-refractivity contribution < 1.29 is 9.53 Å². The third-order valence-corrected chi connectivity index (χ3v) is 5.87. The zero-order valence-electron chi connectivity index (χ0n) is 15.7. The topological polar surface area (TPSA) is 50.4 Å². The number of fused-ring (bicyclic) bond motifs is 1. The second-order valence-electron chi connectivity index (χ2n) is 7.41. The third-order valence-electron chi connectivity index (χ3n) is 5.87. The van der Waals surface area contributed by atoms with Crippen LogP contribution < -0.4 is 15.4 Å². The minimum absolute atomic E-state index is 0. The molecule has 4 rings (SSSR count). The summed E-state index contributed by atoms with van der Waals surface area (Å²) in [6, 6.07) is 14.5. The molecule has 1 fully saturated rings. The van der Waals surface area contributed by atoms with Crippen LogP contribution in [0.5, 0.6) is 5.75 Å². The number of rotatable bonds is 5. The molecule has 2 N–H and O–H groups in total. The average Bonchev–Trinajstić information content (AvgIpc) is 3.35. The zero-order valence-corrected chi connectivity index (χ0v) is 16.5. The average molecular weight is 387 g/mol. The number of hydrogen-bond acceptors (Lipinski definition) is 3. The number of carbonyl (C=O) groups is 1. The molecule has 0 atom stereocenters. The number of amides is 1. The summed E-state index contributed by atoms with van der Waals surface area (Å²) in [7, 11) is 1.67. The molecule has 2 aromatic carbocycles. The fraction of sp³-hybridized carbons (Fsp3) is 0.409. The van der Waals surface area contributed by atoms with E-state index >= 15 is 0 Å². The minimum atomic E-state index is -0.424. The SMILES string of the molecule is COc1cccc(C2(C(=O)NCc3ccc4c(c3)CNC4)CCCC2)c1.Cl. The summed E-state index contributed by atoms with van der Waals surface area (Å²) in [4.78, 5) is 13.2. The van der Waals surface area contributed by atoms with Gasteiger partial charge in [0, 0.05) is 19.6 Å². The van der Waals surface area contributed by atoms with Gasteiger partial charge in [-0.2, -0.15) is 0 Å². The van der Waals surface area contributed by atoms with Gasteiger partial charge in [-0.25, -0.2) is 0 Å². The van der Waals surface area contributed by atoms with Crippen LogP contribution in [0.2, 0.25) is 0 Å². The Labute approximate surface area is 167 Å². The summed E-state index contributed by atoms with van der Waals surface area (Å²) in [5, 5.41) is 6.57. The molecule has 2 aliphatic rings. The van der Waals surface area contributed by atoms with Gasteiger partial charge in [0.05, 0.1) is 12.5 Å². The van der Waals surface area contributed by atoms with Crippen molar-refractivity contribution in [3.8, 4) is 5.75 Å². The molecule has 1 aliphatic carbocycles. The van der Waals surface area contributed by atoms with Gasteiger partial charge in [-0.05, 0) is 47.2 Å². The molecule has 1 aliphatic heterocycles. The molecule has 0 spiro atoms. The fourth-order valence-electron chi connectivity index (χ4n) is 4.36. The van der Waals surface area contributed by atoms with Gasteiger partial charge < -0.3 is 15.4 Å². The highest BCUT2D eigenvalue weighted by Crippen LogP contribution is 2.42. The van der Waals surface area contributed by atoms with Gasteiger partial charge in [-0.1, -0.05) is 43.2 Å². The molecule has 1 heterocycles. The number of carbonyl (C=O) groups excluding carboxylic acids is 1. The van der Waals surface area contributed by atoms with Crippen molar-refractivity contribution in [3.05, 3.63) is 64.7 Å². The second-order valence-corrected chi connectivity index (χ2v) is 7.41. The lowest BCUT2D eigenvalue weighted by atomic mass is 9.78. The smallest absolute Gasteiger partial charge is 0.230 e. The first-order chi connectivity index (χ1) is 12.7. The summed E-state index contributed by atoms with van der Waals surface area (Å²) < 4.78 is 5.37. The van der Waals surface area contributed by atoms with E-state index in [2.05, 4.69) is 34.9 Å². The Hall–Kier alpha value is -2.04. The Bertz CT molecular complexity index is 816. The van der Waals surface area contributed by atoms with Gasteiger partial charge in [0.25, 0.3) is 0 Å². The standard InChI is InChI=1S/C22H26N2O2.ClH/c1-26-20-6-4-5-19(12-20)22(9-2-3-10-22)21(25)24-13-16-7-8-17-14-23-15-18(17)11-16;/h4-8,11-12,23H,2-3,9-10,13-15H2,1H3,(H,24,25);1H. The molecule has 1 saturated carbocycles. The van der Waals surface area contributed by atoms with E-state index in [1.165, 1.54) is 16.7 Å². The molecule has 1 amide bonds. The van der Waals surface area contributed by atoms with Crippen molar-refractivity contribution in [2.24, 2.45) is 0 Å². The van der Waals surface area contributed by atoms with Crippen LogP contribution >= 0.6 is 12.4 Å². The summed E-state index contributed by atoms with van der Waals surface area (Å²) >= 11 is 0. The van der Waals surface area contributed by atoms with E-state index in [-0.39, 0.29) is 18.3 Å². The van der Waals surface area contributed by atoms with Gasteiger partial charge >= 0.3 is 0 Å². The van der Waals surface area contributed by atoms with Crippen LogP contribution in [0.1, 0.15) is 47.9 Å². The quantitative estimate of drug-likeness (QED) is 0.820. The summed E-state index contributed by atoms with van der Waals surface area (Å²) in [5.41, 5.74) is 4.53. The first-order valence-corrected chi connectivity index (χ1v) is 9.45. The molecule has 144 valence electrons. The van der Waals surface area contributed by atoms with Crippen LogP contribution in [-0.2, 0) is 29.8 Å². The van der Waals surface area contributed by atoms with Crippen molar-refractivity contribution in [1.29, 1.82) is 0 Å². The van der Waals surface area contributed by atoms with E-state index in [0.717, 1.165) is 50.1 Å². The maximum atomic E-state index is 13.2. The number of benzene rings is 2. The molecule has 0 saturated heterocycles. The number of halogens is 1. The highest BCUT2D eigenvalue weighted by molar-refractivity contribution is 5.88. The molecule has 0 aromatic heterocycles. The van der Waals surface area contributed by atoms with Crippen molar-refractivity contribution in [1.82, 2.24) is 10.6 Å². The maximum Gasteiger partial charge on any atom is 0.230 e. The maximum absolute atomic E-state index is 13.2. The predicted molar refractivity (Wildman–Crippen MR) is 109 cm³/mol. The van der Waals surface area contributed by atoms with E-state index in [9.17, 15) is 4.79 Å². The third kappa shape index (κ3) is 3.83. The number of methoxy groups -OCH3 is 1. The van der Waals surface area contributed by atoms with Gasteiger partial charge in [-0.3, -0.25) is 4.79 Å². The van der Waals surface area contributed by atoms with Crippen LogP contribution in [-0.4, -0.2) is 13.0 Å². The molecular formula is C22H27ClN2O2. The molecular weight excluding hydrogens is 360 g/mol. The number of nitrogens with one attached hydrogen (secondary N) is 2. The van der Waals surface area contributed by atoms with Crippen LogP contribution in [0.25, 0.3) is 0 Å². The van der Waals surface area contributed by atoms with E-state index in [1.807, 2.05) is 18.2 Å². The first-order valence-electron chi connectivity index (χ1n) is 9.45. The Kier molecular flexibility index (Phi) is 6.08.